The van der Waals surface area contributed by atoms with E-state index in [1.807, 2.05) is 74.4 Å². The lowest BCUT2D eigenvalue weighted by molar-refractivity contribution is -0.196. The second kappa shape index (κ2) is 12.6. The van der Waals surface area contributed by atoms with Crippen LogP contribution in [-0.4, -0.2) is 68.5 Å². The summed E-state index contributed by atoms with van der Waals surface area (Å²) < 4.78 is 18.0. The minimum Gasteiger partial charge on any atom is -0.464 e. The Morgan fingerprint density at radius 3 is 1.83 bits per heavy atom. The van der Waals surface area contributed by atoms with Gasteiger partial charge in [0.2, 0.25) is 0 Å². The summed E-state index contributed by atoms with van der Waals surface area (Å²) in [5, 5.41) is -0.699. The molecule has 4 bridgehead atoms. The standard InChI is InChI=1S/C33H58BNO6/c1-11-32(8,28(38)39-15-14-35(9)10)34-22-31(7,13-12-30(5,6)26(36)40-29(2,3)4)27(37)41-33-19-23-16-24(20-33)18-25(17-23)21-33/h23-25,34H,11-22H2,1-10H3. The SMILES string of the molecule is CCC(C)(BCC(C)(CCC(C)(C)C(=O)OC(C)(C)C)C(=O)OC12CC3CC(CC(C3)C1)C2)C(=O)OCCN(C)C. The molecular weight excluding hydrogens is 517 g/mol. The van der Waals surface area contributed by atoms with Crippen molar-refractivity contribution in [2.75, 3.05) is 27.2 Å². The van der Waals surface area contributed by atoms with Crippen LogP contribution in [0.3, 0.4) is 0 Å². The molecule has 0 aromatic carbocycles. The van der Waals surface area contributed by atoms with Crippen molar-refractivity contribution in [1.29, 1.82) is 0 Å². The van der Waals surface area contributed by atoms with E-state index in [9.17, 15) is 14.4 Å². The molecule has 4 aliphatic rings. The summed E-state index contributed by atoms with van der Waals surface area (Å²) in [4.78, 5) is 42.5. The first-order chi connectivity index (χ1) is 18.8. The van der Waals surface area contributed by atoms with E-state index in [4.69, 9.17) is 14.2 Å². The van der Waals surface area contributed by atoms with Gasteiger partial charge in [-0.15, -0.1) is 0 Å². The van der Waals surface area contributed by atoms with E-state index in [-0.39, 0.29) is 23.5 Å². The molecule has 0 aliphatic heterocycles. The maximum absolute atomic E-state index is 14.2. The second-order valence-electron chi connectivity index (χ2n) is 16.3. The maximum Gasteiger partial charge on any atom is 0.312 e. The molecule has 0 N–H and O–H groups in total. The van der Waals surface area contributed by atoms with Gasteiger partial charge in [-0.25, -0.2) is 0 Å². The van der Waals surface area contributed by atoms with Crippen molar-refractivity contribution in [1.82, 2.24) is 4.90 Å². The highest BCUT2D eigenvalue weighted by molar-refractivity contribution is 6.47. The number of hydrogen-bond donors (Lipinski definition) is 0. The van der Waals surface area contributed by atoms with Gasteiger partial charge in [0.15, 0.2) is 0 Å². The average molecular weight is 576 g/mol. The third kappa shape index (κ3) is 8.73. The number of hydrogen-bond acceptors (Lipinski definition) is 7. The third-order valence-corrected chi connectivity index (χ3v) is 10.3. The molecule has 0 aromatic heterocycles. The number of carbonyl (C=O) groups excluding carboxylic acids is 3. The van der Waals surface area contributed by atoms with Crippen molar-refractivity contribution in [3.63, 3.8) is 0 Å². The molecule has 41 heavy (non-hydrogen) atoms. The van der Waals surface area contributed by atoms with Gasteiger partial charge >= 0.3 is 17.9 Å². The molecule has 0 radical (unpaired) electrons. The molecule has 2 atom stereocenters. The van der Waals surface area contributed by atoms with Gasteiger partial charge in [0, 0.05) is 11.9 Å². The summed E-state index contributed by atoms with van der Waals surface area (Å²) in [5.74, 6) is 1.38. The molecule has 4 fully saturated rings. The predicted octanol–water partition coefficient (Wildman–Crippen LogP) is 6.20. The summed E-state index contributed by atoms with van der Waals surface area (Å²) in [5.41, 5.74) is -2.50. The van der Waals surface area contributed by atoms with Crippen molar-refractivity contribution in [2.45, 2.75) is 136 Å². The van der Waals surface area contributed by atoms with Crippen molar-refractivity contribution in [3.05, 3.63) is 0 Å². The van der Waals surface area contributed by atoms with E-state index in [1.54, 1.807) is 0 Å². The van der Waals surface area contributed by atoms with Crippen LogP contribution in [0, 0.1) is 28.6 Å². The molecule has 234 valence electrons. The quantitative estimate of drug-likeness (QED) is 0.139. The van der Waals surface area contributed by atoms with Gasteiger partial charge < -0.3 is 19.1 Å². The van der Waals surface area contributed by atoms with Gasteiger partial charge in [0.05, 0.1) is 10.8 Å². The van der Waals surface area contributed by atoms with Crippen LogP contribution in [0.1, 0.15) is 113 Å². The number of esters is 3. The smallest absolute Gasteiger partial charge is 0.312 e. The van der Waals surface area contributed by atoms with Crippen LogP contribution < -0.4 is 0 Å². The number of likely N-dealkylation sites (N-methyl/N-ethyl adjacent to an activating group) is 1. The normalized spacial score (nSPS) is 28.5. The summed E-state index contributed by atoms with van der Waals surface area (Å²) in [6.07, 6.45) is 8.88. The number of carbonyl (C=O) groups is 3. The lowest BCUT2D eigenvalue weighted by Crippen LogP contribution is -2.54. The Morgan fingerprint density at radius 1 is 0.829 bits per heavy atom. The van der Waals surface area contributed by atoms with Gasteiger partial charge in [-0.05, 0) is 131 Å². The van der Waals surface area contributed by atoms with E-state index in [2.05, 4.69) is 0 Å². The zero-order valence-corrected chi connectivity index (χ0v) is 27.8. The van der Waals surface area contributed by atoms with E-state index in [0.29, 0.717) is 63.8 Å². The van der Waals surface area contributed by atoms with Crippen LogP contribution in [0.2, 0.25) is 11.6 Å². The van der Waals surface area contributed by atoms with Crippen molar-refractivity contribution < 1.29 is 28.6 Å². The van der Waals surface area contributed by atoms with Crippen LogP contribution in [0.4, 0.5) is 0 Å². The van der Waals surface area contributed by atoms with E-state index in [0.717, 1.165) is 19.3 Å². The summed E-state index contributed by atoms with van der Waals surface area (Å²) in [6, 6.07) is 0. The highest BCUT2D eigenvalue weighted by atomic mass is 16.6. The monoisotopic (exact) mass is 575 g/mol. The Hall–Kier alpha value is -1.57. The minimum atomic E-state index is -0.830. The summed E-state index contributed by atoms with van der Waals surface area (Å²) in [6.45, 7) is 16.3. The van der Waals surface area contributed by atoms with Crippen molar-refractivity contribution in [3.8, 4) is 0 Å². The first-order valence-electron chi connectivity index (χ1n) is 16.1. The molecule has 0 aromatic rings. The number of ether oxygens (including phenoxy) is 3. The van der Waals surface area contributed by atoms with Crippen LogP contribution in [0.15, 0.2) is 0 Å². The molecule has 8 heteroatoms. The van der Waals surface area contributed by atoms with Gasteiger partial charge in [-0.1, -0.05) is 20.2 Å². The summed E-state index contributed by atoms with van der Waals surface area (Å²) >= 11 is 0. The topological polar surface area (TPSA) is 82.1 Å². The fourth-order valence-corrected chi connectivity index (χ4v) is 7.38. The fraction of sp³-hybridized carbons (Fsp3) is 0.909. The van der Waals surface area contributed by atoms with Crippen molar-refractivity contribution in [2.24, 2.45) is 28.6 Å². The van der Waals surface area contributed by atoms with E-state index >= 15 is 0 Å². The van der Waals surface area contributed by atoms with Crippen molar-refractivity contribution >= 4 is 25.2 Å². The predicted molar refractivity (Wildman–Crippen MR) is 164 cm³/mol. The van der Waals surface area contributed by atoms with Gasteiger partial charge in [-0.3, -0.25) is 14.4 Å². The van der Waals surface area contributed by atoms with E-state index in [1.165, 1.54) is 19.3 Å². The molecule has 7 nitrogen and oxygen atoms in total. The maximum atomic E-state index is 14.2. The first-order valence-corrected chi connectivity index (χ1v) is 16.1. The number of nitrogens with zero attached hydrogens (tertiary/aromatic N) is 1. The van der Waals surface area contributed by atoms with Crippen LogP contribution in [0.5, 0.6) is 0 Å². The Balaban J connectivity index is 1.77. The summed E-state index contributed by atoms with van der Waals surface area (Å²) in [7, 11) is 4.42. The Bertz CT molecular complexity index is 921. The van der Waals surface area contributed by atoms with E-state index < -0.39 is 21.7 Å². The zero-order chi connectivity index (χ0) is 30.9. The lowest BCUT2D eigenvalue weighted by Gasteiger charge is -2.56. The van der Waals surface area contributed by atoms with Crippen LogP contribution in [0.25, 0.3) is 0 Å². The number of rotatable bonds is 14. The molecule has 0 saturated heterocycles. The Kier molecular flexibility index (Phi) is 10.4. The molecular formula is C33H58BNO6. The fourth-order valence-electron chi connectivity index (χ4n) is 7.38. The van der Waals surface area contributed by atoms with Gasteiger partial charge in [-0.2, -0.15) is 0 Å². The van der Waals surface area contributed by atoms with Gasteiger partial charge in [0.1, 0.15) is 25.1 Å². The lowest BCUT2D eigenvalue weighted by atomic mass is 9.45. The Labute approximate surface area is 250 Å². The van der Waals surface area contributed by atoms with Crippen LogP contribution in [-0.2, 0) is 28.6 Å². The molecule has 2 unspecified atom stereocenters. The zero-order valence-electron chi connectivity index (χ0n) is 27.8. The largest absolute Gasteiger partial charge is 0.464 e. The van der Waals surface area contributed by atoms with Crippen LogP contribution >= 0.6 is 0 Å². The highest BCUT2D eigenvalue weighted by Crippen LogP contribution is 2.57. The Morgan fingerprint density at radius 2 is 1.37 bits per heavy atom. The average Bonchev–Trinajstić information content (AvgIpc) is 2.83. The second-order valence-corrected chi connectivity index (χ2v) is 16.3. The molecule has 0 amide bonds. The molecule has 4 rings (SSSR count). The first kappa shape index (κ1) is 33.9. The molecule has 0 spiro atoms. The molecule has 0 heterocycles. The highest BCUT2D eigenvalue weighted by Gasteiger charge is 2.55. The third-order valence-electron chi connectivity index (χ3n) is 10.3. The molecule has 4 saturated carbocycles. The molecule has 4 aliphatic carbocycles. The minimum absolute atomic E-state index is 0.168. The van der Waals surface area contributed by atoms with Gasteiger partial charge in [0.25, 0.3) is 0 Å².